The van der Waals surface area contributed by atoms with E-state index in [1.54, 1.807) is 51.5 Å². The zero-order valence-electron chi connectivity index (χ0n) is 14.2. The first-order chi connectivity index (χ1) is 11.1. The fraction of sp³-hybridized carbons (Fsp3) is 0.562. The number of nitrogens with zero attached hydrogens (tertiary/aromatic N) is 1. The number of hydrogen-bond acceptors (Lipinski definition) is 6. The summed E-state index contributed by atoms with van der Waals surface area (Å²) in [6, 6.07) is 5.33. The Morgan fingerprint density at radius 2 is 1.87 bits per heavy atom. The second-order valence-electron chi connectivity index (χ2n) is 4.87. The summed E-state index contributed by atoms with van der Waals surface area (Å²) in [6.07, 6.45) is -0.113. The summed E-state index contributed by atoms with van der Waals surface area (Å²) in [5.41, 5.74) is 6.30. The number of benzene rings is 1. The molecule has 0 spiro atoms. The van der Waals surface area contributed by atoms with Crippen molar-refractivity contribution < 1.29 is 23.7 Å². The molecule has 23 heavy (non-hydrogen) atoms. The van der Waals surface area contributed by atoms with E-state index in [-0.39, 0.29) is 25.0 Å². The van der Waals surface area contributed by atoms with Gasteiger partial charge in [0, 0.05) is 39.1 Å². The van der Waals surface area contributed by atoms with Crippen LogP contribution in [0.3, 0.4) is 0 Å². The van der Waals surface area contributed by atoms with Crippen LogP contribution in [0.4, 0.5) is 5.69 Å². The summed E-state index contributed by atoms with van der Waals surface area (Å²) in [6.45, 7) is 1.12. The molecule has 1 rings (SSSR count). The summed E-state index contributed by atoms with van der Waals surface area (Å²) < 4.78 is 20.8. The molecule has 0 aliphatic rings. The predicted molar refractivity (Wildman–Crippen MR) is 88.2 cm³/mol. The largest absolute Gasteiger partial charge is 0.493 e. The fourth-order valence-corrected chi connectivity index (χ4v) is 2.14. The fourth-order valence-electron chi connectivity index (χ4n) is 2.14. The number of rotatable bonds is 10. The summed E-state index contributed by atoms with van der Waals surface area (Å²) >= 11 is 0. The standard InChI is InChI=1S/C16H26N2O5/c1-20-8-7-18(16(19)10-13(11-17)21-2)12-5-6-14(22-3)15(9-12)23-4/h5-6,9,13H,7-8,10-11,17H2,1-4H3. The lowest BCUT2D eigenvalue weighted by Crippen LogP contribution is -2.38. The molecule has 7 heteroatoms. The Hall–Kier alpha value is -1.83. The van der Waals surface area contributed by atoms with E-state index in [9.17, 15) is 4.79 Å². The molecule has 1 amide bonds. The second kappa shape index (κ2) is 10.0. The van der Waals surface area contributed by atoms with Crippen molar-refractivity contribution in [3.63, 3.8) is 0 Å². The minimum Gasteiger partial charge on any atom is -0.493 e. The molecule has 1 atom stereocenters. The van der Waals surface area contributed by atoms with Crippen molar-refractivity contribution in [2.24, 2.45) is 5.73 Å². The lowest BCUT2D eigenvalue weighted by atomic mass is 10.2. The Kier molecular flexibility index (Phi) is 8.39. The zero-order chi connectivity index (χ0) is 17.2. The lowest BCUT2D eigenvalue weighted by molar-refractivity contribution is -0.121. The van der Waals surface area contributed by atoms with E-state index in [1.165, 1.54) is 0 Å². The average Bonchev–Trinajstić information content (AvgIpc) is 2.59. The first-order valence-corrected chi connectivity index (χ1v) is 7.35. The van der Waals surface area contributed by atoms with Crippen LogP contribution in [0.2, 0.25) is 0 Å². The Morgan fingerprint density at radius 1 is 1.17 bits per heavy atom. The molecule has 0 saturated carbocycles. The molecule has 1 unspecified atom stereocenters. The SMILES string of the molecule is COCCN(C(=O)CC(CN)OC)c1ccc(OC)c(OC)c1. The van der Waals surface area contributed by atoms with E-state index < -0.39 is 0 Å². The average molecular weight is 326 g/mol. The van der Waals surface area contributed by atoms with Crippen LogP contribution in [0.15, 0.2) is 18.2 Å². The molecule has 2 N–H and O–H groups in total. The molecule has 0 saturated heterocycles. The van der Waals surface area contributed by atoms with Gasteiger partial charge in [-0.15, -0.1) is 0 Å². The Balaban J connectivity index is 3.03. The number of ether oxygens (including phenoxy) is 4. The van der Waals surface area contributed by atoms with Crippen molar-refractivity contribution in [3.05, 3.63) is 18.2 Å². The van der Waals surface area contributed by atoms with Crippen LogP contribution in [-0.4, -0.2) is 60.1 Å². The summed E-state index contributed by atoms with van der Waals surface area (Å²) in [5, 5.41) is 0. The highest BCUT2D eigenvalue weighted by molar-refractivity contribution is 5.94. The van der Waals surface area contributed by atoms with E-state index in [2.05, 4.69) is 0 Å². The Bertz CT molecular complexity index is 491. The van der Waals surface area contributed by atoms with Gasteiger partial charge in [0.15, 0.2) is 11.5 Å². The lowest BCUT2D eigenvalue weighted by Gasteiger charge is -2.25. The van der Waals surface area contributed by atoms with Crippen LogP contribution >= 0.6 is 0 Å². The van der Waals surface area contributed by atoms with E-state index in [0.29, 0.717) is 30.3 Å². The highest BCUT2D eigenvalue weighted by Crippen LogP contribution is 2.31. The van der Waals surface area contributed by atoms with Gasteiger partial charge in [-0.2, -0.15) is 0 Å². The molecule has 130 valence electrons. The molecule has 0 heterocycles. The van der Waals surface area contributed by atoms with Crippen molar-refractivity contribution >= 4 is 11.6 Å². The molecule has 0 aliphatic carbocycles. The smallest absolute Gasteiger partial charge is 0.229 e. The normalized spacial score (nSPS) is 11.9. The minimum atomic E-state index is -0.312. The highest BCUT2D eigenvalue weighted by atomic mass is 16.5. The third kappa shape index (κ3) is 5.38. The van der Waals surface area contributed by atoms with Gasteiger partial charge in [0.25, 0.3) is 0 Å². The van der Waals surface area contributed by atoms with Gasteiger partial charge in [-0.05, 0) is 12.1 Å². The molecule has 0 aromatic heterocycles. The van der Waals surface area contributed by atoms with Gasteiger partial charge >= 0.3 is 0 Å². The number of hydrogen-bond donors (Lipinski definition) is 1. The predicted octanol–water partition coefficient (Wildman–Crippen LogP) is 1.05. The molecule has 1 aromatic rings. The molecule has 0 aliphatic heterocycles. The van der Waals surface area contributed by atoms with Crippen LogP contribution in [-0.2, 0) is 14.3 Å². The van der Waals surface area contributed by atoms with Crippen molar-refractivity contribution in [3.8, 4) is 11.5 Å². The summed E-state index contributed by atoms with van der Waals surface area (Å²) in [4.78, 5) is 14.2. The number of nitrogens with two attached hydrogens (primary N) is 1. The van der Waals surface area contributed by atoms with Gasteiger partial charge in [0.1, 0.15) is 0 Å². The van der Waals surface area contributed by atoms with Crippen LogP contribution in [0.25, 0.3) is 0 Å². The van der Waals surface area contributed by atoms with Crippen LogP contribution in [0.5, 0.6) is 11.5 Å². The van der Waals surface area contributed by atoms with Gasteiger partial charge in [-0.1, -0.05) is 0 Å². The van der Waals surface area contributed by atoms with Crippen LogP contribution in [0, 0.1) is 0 Å². The quantitative estimate of drug-likeness (QED) is 0.692. The monoisotopic (exact) mass is 326 g/mol. The Morgan fingerprint density at radius 3 is 2.39 bits per heavy atom. The van der Waals surface area contributed by atoms with Gasteiger partial charge in [0.2, 0.25) is 5.91 Å². The van der Waals surface area contributed by atoms with Gasteiger partial charge in [-0.3, -0.25) is 4.79 Å². The number of carbonyl (C=O) groups excluding carboxylic acids is 1. The number of amides is 1. The van der Waals surface area contributed by atoms with Crippen molar-refractivity contribution in [1.82, 2.24) is 0 Å². The van der Waals surface area contributed by atoms with E-state index in [1.807, 2.05) is 0 Å². The molecule has 1 aromatic carbocycles. The molecule has 7 nitrogen and oxygen atoms in total. The molecular weight excluding hydrogens is 300 g/mol. The first kappa shape index (κ1) is 19.2. The van der Waals surface area contributed by atoms with E-state index >= 15 is 0 Å². The molecule has 0 fully saturated rings. The second-order valence-corrected chi connectivity index (χ2v) is 4.87. The number of carbonyl (C=O) groups is 1. The van der Waals surface area contributed by atoms with Crippen LogP contribution in [0.1, 0.15) is 6.42 Å². The number of methoxy groups -OCH3 is 4. The minimum absolute atomic E-state index is 0.0911. The number of anilines is 1. The van der Waals surface area contributed by atoms with Crippen molar-refractivity contribution in [1.29, 1.82) is 0 Å². The topological polar surface area (TPSA) is 83.3 Å². The maximum atomic E-state index is 12.6. The zero-order valence-corrected chi connectivity index (χ0v) is 14.2. The Labute approximate surface area is 137 Å². The molecular formula is C16H26N2O5. The van der Waals surface area contributed by atoms with E-state index in [0.717, 1.165) is 0 Å². The van der Waals surface area contributed by atoms with Gasteiger partial charge < -0.3 is 29.6 Å². The molecule has 0 radical (unpaired) electrons. The highest BCUT2D eigenvalue weighted by Gasteiger charge is 2.21. The summed E-state index contributed by atoms with van der Waals surface area (Å²) in [7, 11) is 6.25. The van der Waals surface area contributed by atoms with Crippen molar-refractivity contribution in [2.45, 2.75) is 12.5 Å². The first-order valence-electron chi connectivity index (χ1n) is 7.35. The maximum Gasteiger partial charge on any atom is 0.229 e. The van der Waals surface area contributed by atoms with E-state index in [4.69, 9.17) is 24.7 Å². The van der Waals surface area contributed by atoms with Crippen LogP contribution < -0.4 is 20.1 Å². The van der Waals surface area contributed by atoms with Gasteiger partial charge in [0.05, 0.1) is 33.4 Å². The van der Waals surface area contributed by atoms with Crippen molar-refractivity contribution in [2.75, 3.05) is 53.0 Å². The van der Waals surface area contributed by atoms with Gasteiger partial charge in [-0.25, -0.2) is 0 Å². The molecule has 0 bridgehead atoms. The third-order valence-electron chi connectivity index (χ3n) is 3.50. The summed E-state index contributed by atoms with van der Waals surface area (Å²) in [5.74, 6) is 1.07. The third-order valence-corrected chi connectivity index (χ3v) is 3.50. The maximum absolute atomic E-state index is 12.6.